The van der Waals surface area contributed by atoms with Gasteiger partial charge in [0, 0.05) is 5.56 Å². The first-order valence-corrected chi connectivity index (χ1v) is 10.2. The van der Waals surface area contributed by atoms with Crippen LogP contribution in [0.2, 0.25) is 0 Å². The lowest BCUT2D eigenvalue weighted by Gasteiger charge is -2.25. The second-order valence-electron chi connectivity index (χ2n) is 7.35. The van der Waals surface area contributed by atoms with E-state index in [4.69, 9.17) is 18.6 Å². The molecule has 0 saturated carbocycles. The molecule has 8 nitrogen and oxygen atoms in total. The first kappa shape index (κ1) is 22.0. The van der Waals surface area contributed by atoms with E-state index in [1.54, 1.807) is 54.6 Å². The Morgan fingerprint density at radius 2 is 1.76 bits per heavy atom. The predicted molar refractivity (Wildman–Crippen MR) is 119 cm³/mol. The molecular formula is C25H23NO7. The van der Waals surface area contributed by atoms with Gasteiger partial charge in [-0.2, -0.15) is 0 Å². The number of carbonyl (C=O) groups excluding carboxylic acids is 2. The summed E-state index contributed by atoms with van der Waals surface area (Å²) in [5.74, 6) is 0.0750. The molecule has 0 spiro atoms. The minimum Gasteiger partial charge on any atom is -0.507 e. The number of aliphatic hydroxyl groups excluding tert-OH is 1. The van der Waals surface area contributed by atoms with Crippen molar-refractivity contribution < 1.29 is 33.3 Å². The third-order valence-corrected chi connectivity index (χ3v) is 5.51. The molecule has 3 aromatic rings. The van der Waals surface area contributed by atoms with Gasteiger partial charge in [0.05, 0.1) is 45.8 Å². The van der Waals surface area contributed by atoms with Gasteiger partial charge in [0.25, 0.3) is 11.7 Å². The van der Waals surface area contributed by atoms with E-state index >= 15 is 0 Å². The van der Waals surface area contributed by atoms with Crippen molar-refractivity contribution in [3.8, 4) is 17.2 Å². The number of aliphatic hydroxyl groups is 1. The molecule has 0 unspecified atom stereocenters. The van der Waals surface area contributed by atoms with E-state index < -0.39 is 17.7 Å². The number of ether oxygens (including phenoxy) is 3. The summed E-state index contributed by atoms with van der Waals surface area (Å²) in [6.45, 7) is 0.0577. The highest BCUT2D eigenvalue weighted by Gasteiger charge is 2.46. The molecule has 0 aliphatic carbocycles. The van der Waals surface area contributed by atoms with Gasteiger partial charge in [0.2, 0.25) is 0 Å². The summed E-state index contributed by atoms with van der Waals surface area (Å²) >= 11 is 0. The number of hydrogen-bond donors (Lipinski definition) is 1. The van der Waals surface area contributed by atoms with Crippen molar-refractivity contribution in [2.45, 2.75) is 12.6 Å². The number of methoxy groups -OCH3 is 3. The summed E-state index contributed by atoms with van der Waals surface area (Å²) < 4.78 is 21.3. The van der Waals surface area contributed by atoms with Crippen LogP contribution in [0.15, 0.2) is 70.9 Å². The van der Waals surface area contributed by atoms with E-state index in [0.717, 1.165) is 0 Å². The number of Topliss-reactive ketones (excluding diaryl/α,β-unsaturated/α-hetero) is 1. The average molecular weight is 449 g/mol. The molecule has 0 bridgehead atoms. The third kappa shape index (κ3) is 4.03. The molecule has 1 atom stereocenters. The van der Waals surface area contributed by atoms with Crippen LogP contribution in [0.25, 0.3) is 5.76 Å². The Morgan fingerprint density at radius 3 is 2.42 bits per heavy atom. The molecule has 4 rings (SSSR count). The maximum atomic E-state index is 13.1. The van der Waals surface area contributed by atoms with Gasteiger partial charge in [0.15, 0.2) is 11.5 Å². The summed E-state index contributed by atoms with van der Waals surface area (Å²) in [5, 5.41) is 11.2. The van der Waals surface area contributed by atoms with Crippen molar-refractivity contribution in [1.82, 2.24) is 4.90 Å². The molecule has 8 heteroatoms. The smallest absolute Gasteiger partial charge is 0.296 e. The number of hydrogen-bond acceptors (Lipinski definition) is 7. The molecule has 2 heterocycles. The maximum absolute atomic E-state index is 13.1. The molecule has 1 aromatic heterocycles. The number of ketones is 1. The Labute approximate surface area is 190 Å². The first-order valence-electron chi connectivity index (χ1n) is 10.2. The van der Waals surface area contributed by atoms with Crippen LogP contribution in [0, 0.1) is 0 Å². The average Bonchev–Trinajstić information content (AvgIpc) is 3.45. The Morgan fingerprint density at radius 1 is 0.970 bits per heavy atom. The third-order valence-electron chi connectivity index (χ3n) is 5.51. The zero-order chi connectivity index (χ0) is 23.5. The summed E-state index contributed by atoms with van der Waals surface area (Å²) in [5.41, 5.74) is 0.894. The number of carbonyl (C=O) groups is 2. The quantitative estimate of drug-likeness (QED) is 0.332. The normalized spacial score (nSPS) is 17.3. The van der Waals surface area contributed by atoms with Gasteiger partial charge >= 0.3 is 0 Å². The van der Waals surface area contributed by atoms with Gasteiger partial charge in [-0.1, -0.05) is 12.1 Å². The molecule has 1 fully saturated rings. The van der Waals surface area contributed by atoms with Gasteiger partial charge in [-0.25, -0.2) is 0 Å². The molecule has 1 aliphatic rings. The topological polar surface area (TPSA) is 98.4 Å². The number of amides is 1. The Balaban J connectivity index is 1.88. The SMILES string of the molecule is COc1cccc([C@@H]2C(=C(O)c3ccc(OC)c(OC)c3)C(=O)C(=O)N2Cc2ccco2)c1. The lowest BCUT2D eigenvalue weighted by molar-refractivity contribution is -0.140. The van der Waals surface area contributed by atoms with Crippen LogP contribution < -0.4 is 14.2 Å². The standard InChI is InChI=1S/C25H23NO7/c1-30-17-7-4-6-15(12-17)22-21(23(27)16-9-10-19(31-2)20(13-16)32-3)24(28)25(29)26(22)14-18-8-5-11-33-18/h4-13,22,27H,14H2,1-3H3/t22-/m1/s1. The highest BCUT2D eigenvalue weighted by atomic mass is 16.5. The monoisotopic (exact) mass is 449 g/mol. The van der Waals surface area contributed by atoms with Crippen LogP contribution in [0.5, 0.6) is 17.2 Å². The fraction of sp³-hybridized carbons (Fsp3) is 0.200. The molecule has 2 aromatic carbocycles. The van der Waals surface area contributed by atoms with E-state index in [0.29, 0.717) is 34.1 Å². The zero-order valence-electron chi connectivity index (χ0n) is 18.4. The maximum Gasteiger partial charge on any atom is 0.296 e. The van der Waals surface area contributed by atoms with E-state index in [1.165, 1.54) is 32.5 Å². The highest BCUT2D eigenvalue weighted by molar-refractivity contribution is 6.46. The van der Waals surface area contributed by atoms with Crippen LogP contribution in [0.4, 0.5) is 0 Å². The Kier molecular flexibility index (Phi) is 6.08. The Bertz CT molecular complexity index is 1210. The van der Waals surface area contributed by atoms with Gasteiger partial charge in [-0.05, 0) is 48.0 Å². The van der Waals surface area contributed by atoms with E-state index in [9.17, 15) is 14.7 Å². The summed E-state index contributed by atoms with van der Waals surface area (Å²) in [6, 6.07) is 14.4. The molecule has 1 amide bonds. The predicted octanol–water partition coefficient (Wildman–Crippen LogP) is 3.93. The number of furan rings is 1. The van der Waals surface area contributed by atoms with Crippen LogP contribution in [0.1, 0.15) is 22.9 Å². The minimum atomic E-state index is -0.849. The van der Waals surface area contributed by atoms with Crippen LogP contribution in [-0.4, -0.2) is 43.0 Å². The molecule has 0 radical (unpaired) electrons. The number of rotatable bonds is 7. The molecular weight excluding hydrogens is 426 g/mol. The largest absolute Gasteiger partial charge is 0.507 e. The second-order valence-corrected chi connectivity index (χ2v) is 7.35. The fourth-order valence-corrected chi connectivity index (χ4v) is 3.91. The van der Waals surface area contributed by atoms with Gasteiger partial charge in [-0.15, -0.1) is 0 Å². The van der Waals surface area contributed by atoms with Crippen molar-refractivity contribution in [1.29, 1.82) is 0 Å². The molecule has 1 aliphatic heterocycles. The highest BCUT2D eigenvalue weighted by Crippen LogP contribution is 2.42. The lowest BCUT2D eigenvalue weighted by atomic mass is 9.95. The molecule has 1 N–H and O–H groups in total. The van der Waals surface area contributed by atoms with Crippen molar-refractivity contribution in [2.75, 3.05) is 21.3 Å². The summed E-state index contributed by atoms with van der Waals surface area (Å²) in [6.07, 6.45) is 1.50. The molecule has 170 valence electrons. The number of nitrogens with zero attached hydrogens (tertiary/aromatic N) is 1. The van der Waals surface area contributed by atoms with E-state index in [-0.39, 0.29) is 17.9 Å². The van der Waals surface area contributed by atoms with Crippen LogP contribution in [-0.2, 0) is 16.1 Å². The van der Waals surface area contributed by atoms with Crippen LogP contribution >= 0.6 is 0 Å². The van der Waals surface area contributed by atoms with Gasteiger partial charge < -0.3 is 28.6 Å². The molecule has 1 saturated heterocycles. The minimum absolute atomic E-state index is 0.0352. The fourth-order valence-electron chi connectivity index (χ4n) is 3.91. The van der Waals surface area contributed by atoms with Crippen molar-refractivity contribution in [3.63, 3.8) is 0 Å². The number of likely N-dealkylation sites (tertiary alicyclic amines) is 1. The van der Waals surface area contributed by atoms with E-state index in [1.807, 2.05) is 0 Å². The molecule has 33 heavy (non-hydrogen) atoms. The number of benzene rings is 2. The zero-order valence-corrected chi connectivity index (χ0v) is 18.4. The van der Waals surface area contributed by atoms with Crippen LogP contribution in [0.3, 0.4) is 0 Å². The second kappa shape index (κ2) is 9.12. The van der Waals surface area contributed by atoms with E-state index in [2.05, 4.69) is 0 Å². The van der Waals surface area contributed by atoms with Gasteiger partial charge in [0.1, 0.15) is 17.3 Å². The van der Waals surface area contributed by atoms with Crippen molar-refractivity contribution in [2.24, 2.45) is 0 Å². The summed E-state index contributed by atoms with van der Waals surface area (Å²) in [7, 11) is 4.50. The first-order chi connectivity index (χ1) is 16.0. The van der Waals surface area contributed by atoms with Gasteiger partial charge in [-0.3, -0.25) is 9.59 Å². The van der Waals surface area contributed by atoms with Crippen molar-refractivity contribution in [3.05, 3.63) is 83.3 Å². The Hall–Kier alpha value is -4.20. The summed E-state index contributed by atoms with van der Waals surface area (Å²) in [4.78, 5) is 27.6. The lowest BCUT2D eigenvalue weighted by Crippen LogP contribution is -2.29. The van der Waals surface area contributed by atoms with Crippen molar-refractivity contribution >= 4 is 17.4 Å².